The molecule has 2 aromatic rings. The number of hydrogen-bond donors (Lipinski definition) is 1. The van der Waals surface area contributed by atoms with E-state index < -0.39 is 17.8 Å². The molecule has 1 aromatic carbocycles. The largest absolute Gasteiger partial charge is 0.465 e. The lowest BCUT2D eigenvalue weighted by molar-refractivity contribution is -0.122. The fraction of sp³-hybridized carbons (Fsp3) is 0. The number of hydrogen-bond acceptors (Lipinski definition) is 4. The van der Waals surface area contributed by atoms with Gasteiger partial charge in [0.25, 0.3) is 11.8 Å². The third-order valence-corrected chi connectivity index (χ3v) is 3.73. The Morgan fingerprint density at radius 2 is 1.96 bits per heavy atom. The number of imide groups is 2. The Morgan fingerprint density at radius 1 is 1.12 bits per heavy atom. The van der Waals surface area contributed by atoms with Crippen molar-refractivity contribution in [2.75, 3.05) is 4.90 Å². The van der Waals surface area contributed by atoms with E-state index in [-0.39, 0.29) is 5.57 Å². The number of nitrogens with one attached hydrogen (secondary N) is 1. The minimum atomic E-state index is -0.782. The highest BCUT2D eigenvalue weighted by atomic mass is 79.9. The first kappa shape index (κ1) is 15.9. The number of rotatable bonds is 3. The van der Waals surface area contributed by atoms with Crippen molar-refractivity contribution in [1.82, 2.24) is 5.32 Å². The average Bonchev–Trinajstić information content (AvgIpc) is 3.03. The molecule has 6 nitrogen and oxygen atoms in total. The van der Waals surface area contributed by atoms with Crippen molar-refractivity contribution in [3.63, 3.8) is 0 Å². The second-order valence-corrected chi connectivity index (χ2v) is 5.75. The number of carbonyl (C=O) groups excluding carboxylic acids is 3. The third-order valence-electron chi connectivity index (χ3n) is 3.23. The molecule has 0 radical (unpaired) electrons. The van der Waals surface area contributed by atoms with Crippen LogP contribution in [0, 0.1) is 0 Å². The SMILES string of the molecule is O=C1NC(=O)N(c2cccc(Br)c2)C(=O)/C1=C\C=C\c1ccco1. The van der Waals surface area contributed by atoms with Crippen LogP contribution in [0.25, 0.3) is 6.08 Å². The van der Waals surface area contributed by atoms with Gasteiger partial charge in [-0.2, -0.15) is 0 Å². The molecule has 0 saturated carbocycles. The molecule has 2 heterocycles. The second-order valence-electron chi connectivity index (χ2n) is 4.83. The quantitative estimate of drug-likeness (QED) is 0.648. The molecule has 120 valence electrons. The lowest BCUT2D eigenvalue weighted by Gasteiger charge is -2.26. The third kappa shape index (κ3) is 3.21. The van der Waals surface area contributed by atoms with E-state index in [1.807, 2.05) is 0 Å². The van der Waals surface area contributed by atoms with Crippen molar-refractivity contribution < 1.29 is 18.8 Å². The summed E-state index contributed by atoms with van der Waals surface area (Å²) in [6.07, 6.45) is 5.98. The van der Waals surface area contributed by atoms with E-state index in [1.165, 1.54) is 18.4 Å². The van der Waals surface area contributed by atoms with E-state index in [0.29, 0.717) is 15.9 Å². The van der Waals surface area contributed by atoms with E-state index in [0.717, 1.165) is 4.90 Å². The van der Waals surface area contributed by atoms with Gasteiger partial charge < -0.3 is 4.42 Å². The number of benzene rings is 1. The van der Waals surface area contributed by atoms with Crippen molar-refractivity contribution in [3.8, 4) is 0 Å². The molecule has 1 N–H and O–H groups in total. The van der Waals surface area contributed by atoms with Gasteiger partial charge >= 0.3 is 6.03 Å². The number of amides is 4. The monoisotopic (exact) mass is 386 g/mol. The van der Waals surface area contributed by atoms with Crippen LogP contribution in [-0.2, 0) is 9.59 Å². The number of carbonyl (C=O) groups is 3. The van der Waals surface area contributed by atoms with Gasteiger partial charge in [-0.25, -0.2) is 9.69 Å². The fourth-order valence-electron chi connectivity index (χ4n) is 2.15. The Morgan fingerprint density at radius 3 is 2.67 bits per heavy atom. The van der Waals surface area contributed by atoms with Gasteiger partial charge in [-0.3, -0.25) is 14.9 Å². The van der Waals surface area contributed by atoms with Crippen LogP contribution in [-0.4, -0.2) is 17.8 Å². The lowest BCUT2D eigenvalue weighted by Crippen LogP contribution is -2.54. The predicted octanol–water partition coefficient (Wildman–Crippen LogP) is 3.26. The zero-order valence-electron chi connectivity index (χ0n) is 12.2. The zero-order chi connectivity index (χ0) is 17.1. The summed E-state index contributed by atoms with van der Waals surface area (Å²) < 4.78 is 5.83. The topological polar surface area (TPSA) is 79.6 Å². The van der Waals surface area contributed by atoms with Crippen LogP contribution in [0.4, 0.5) is 10.5 Å². The summed E-state index contributed by atoms with van der Waals surface area (Å²) in [5.41, 5.74) is 0.220. The first-order chi connectivity index (χ1) is 11.6. The number of urea groups is 1. The van der Waals surface area contributed by atoms with Gasteiger partial charge in [0, 0.05) is 4.47 Å². The van der Waals surface area contributed by atoms with Crippen molar-refractivity contribution in [2.45, 2.75) is 0 Å². The van der Waals surface area contributed by atoms with Gasteiger partial charge in [-0.15, -0.1) is 0 Å². The molecular formula is C17H11BrN2O4. The van der Waals surface area contributed by atoms with Gasteiger partial charge in [0.1, 0.15) is 11.3 Å². The lowest BCUT2D eigenvalue weighted by atomic mass is 10.1. The number of allylic oxidation sites excluding steroid dienone is 2. The van der Waals surface area contributed by atoms with Gasteiger partial charge in [0.05, 0.1) is 12.0 Å². The van der Waals surface area contributed by atoms with Crippen molar-refractivity contribution in [2.24, 2.45) is 0 Å². The molecule has 1 saturated heterocycles. The zero-order valence-corrected chi connectivity index (χ0v) is 13.8. The number of furan rings is 1. The summed E-state index contributed by atoms with van der Waals surface area (Å²) in [6.45, 7) is 0. The number of anilines is 1. The van der Waals surface area contributed by atoms with Crippen LogP contribution in [0.3, 0.4) is 0 Å². The Balaban J connectivity index is 1.91. The summed E-state index contributed by atoms with van der Waals surface area (Å²) in [6, 6.07) is 9.35. The number of halogens is 1. The molecule has 0 spiro atoms. The van der Waals surface area contributed by atoms with Gasteiger partial charge in [-0.05, 0) is 42.5 Å². The molecule has 1 aliphatic heterocycles. The molecule has 7 heteroatoms. The molecule has 0 atom stereocenters. The molecule has 4 amide bonds. The average molecular weight is 387 g/mol. The number of nitrogens with zero attached hydrogens (tertiary/aromatic N) is 1. The smallest absolute Gasteiger partial charge is 0.335 e. The maximum Gasteiger partial charge on any atom is 0.335 e. The standard InChI is InChI=1S/C17H11BrN2O4/c18-11-4-1-5-12(10-11)20-16(22)14(15(21)19-17(20)23)8-2-6-13-7-3-9-24-13/h1-10H,(H,19,21,23)/b6-2+,14-8-. The van der Waals surface area contributed by atoms with E-state index in [2.05, 4.69) is 21.2 Å². The molecule has 3 rings (SSSR count). The normalized spacial score (nSPS) is 17.0. The Bertz CT molecular complexity index is 868. The van der Waals surface area contributed by atoms with E-state index >= 15 is 0 Å². The highest BCUT2D eigenvalue weighted by Gasteiger charge is 2.36. The summed E-state index contributed by atoms with van der Waals surface area (Å²) in [5, 5.41) is 2.16. The minimum absolute atomic E-state index is 0.141. The molecule has 0 unspecified atom stereocenters. The summed E-state index contributed by atoms with van der Waals surface area (Å²) in [7, 11) is 0. The predicted molar refractivity (Wildman–Crippen MR) is 91.0 cm³/mol. The van der Waals surface area contributed by atoms with Crippen LogP contribution >= 0.6 is 15.9 Å². The van der Waals surface area contributed by atoms with E-state index in [1.54, 1.807) is 42.5 Å². The number of barbiturate groups is 1. The van der Waals surface area contributed by atoms with Crippen molar-refractivity contribution in [1.29, 1.82) is 0 Å². The molecule has 24 heavy (non-hydrogen) atoms. The van der Waals surface area contributed by atoms with Gasteiger partial charge in [-0.1, -0.05) is 28.1 Å². The first-order valence-electron chi connectivity index (χ1n) is 6.93. The first-order valence-corrected chi connectivity index (χ1v) is 7.73. The fourth-order valence-corrected chi connectivity index (χ4v) is 2.54. The van der Waals surface area contributed by atoms with Crippen LogP contribution in [0.2, 0.25) is 0 Å². The maximum absolute atomic E-state index is 12.6. The van der Waals surface area contributed by atoms with Gasteiger partial charge in [0.2, 0.25) is 0 Å². The summed E-state index contributed by atoms with van der Waals surface area (Å²) in [5.74, 6) is -0.846. The Labute approximate surface area is 145 Å². The molecule has 0 bridgehead atoms. The Hall–Kier alpha value is -2.93. The highest BCUT2D eigenvalue weighted by molar-refractivity contribution is 9.10. The maximum atomic E-state index is 12.6. The minimum Gasteiger partial charge on any atom is -0.465 e. The van der Waals surface area contributed by atoms with E-state index in [4.69, 9.17) is 4.42 Å². The van der Waals surface area contributed by atoms with Crippen molar-refractivity contribution >= 4 is 45.5 Å². The molecular weight excluding hydrogens is 376 g/mol. The molecule has 1 fully saturated rings. The molecule has 1 aliphatic rings. The van der Waals surface area contributed by atoms with Crippen LogP contribution in [0.5, 0.6) is 0 Å². The van der Waals surface area contributed by atoms with Crippen LogP contribution in [0.1, 0.15) is 5.76 Å². The van der Waals surface area contributed by atoms with Crippen molar-refractivity contribution in [3.05, 3.63) is 70.6 Å². The Kier molecular flexibility index (Phi) is 4.43. The van der Waals surface area contributed by atoms with Gasteiger partial charge in [0.15, 0.2) is 0 Å². The highest BCUT2D eigenvalue weighted by Crippen LogP contribution is 2.23. The molecule has 1 aromatic heterocycles. The van der Waals surface area contributed by atoms with Crippen LogP contribution < -0.4 is 10.2 Å². The summed E-state index contributed by atoms with van der Waals surface area (Å²) in [4.78, 5) is 37.4. The second kappa shape index (κ2) is 6.67. The van der Waals surface area contributed by atoms with E-state index in [9.17, 15) is 14.4 Å². The summed E-state index contributed by atoms with van der Waals surface area (Å²) >= 11 is 3.29. The van der Waals surface area contributed by atoms with Crippen LogP contribution in [0.15, 0.2) is 69.3 Å². The molecule has 0 aliphatic carbocycles.